The highest BCUT2D eigenvalue weighted by Crippen LogP contribution is 2.24. The molecule has 25 heavy (non-hydrogen) atoms. The van der Waals surface area contributed by atoms with Gasteiger partial charge in [-0.3, -0.25) is 15.3 Å². The Labute approximate surface area is 149 Å². The van der Waals surface area contributed by atoms with Crippen LogP contribution in [-0.4, -0.2) is 22.8 Å². The van der Waals surface area contributed by atoms with Crippen LogP contribution in [0.5, 0.6) is 5.75 Å². The summed E-state index contributed by atoms with van der Waals surface area (Å²) in [5, 5.41) is 11.1. The summed E-state index contributed by atoms with van der Waals surface area (Å²) < 4.78 is 6.19. The van der Waals surface area contributed by atoms with Crippen molar-refractivity contribution in [3.05, 3.63) is 75.0 Å². The summed E-state index contributed by atoms with van der Waals surface area (Å²) in [5.74, 6) is 0.352. The molecule has 0 fully saturated rings. The highest BCUT2D eigenvalue weighted by atomic mass is 35.5. The number of hydrogen-bond donors (Lipinski definition) is 3. The van der Waals surface area contributed by atoms with Crippen LogP contribution in [0.15, 0.2) is 53.3 Å². The van der Waals surface area contributed by atoms with Gasteiger partial charge in [-0.25, -0.2) is 0 Å². The number of nitrogen functional groups attached to an aromatic ring is 1. The van der Waals surface area contributed by atoms with E-state index in [1.807, 2.05) is 42.5 Å². The molecule has 128 valence electrons. The standard InChI is InChI=1S/C18H17ClN4O2/c1-25-14-7-5-12(6-8-14)16-15(17(24)23(22-16)18(20)21)10-11-3-2-4-13(19)9-11/h2-9,22H,10H2,1H3,(H3,20,21). The number of rotatable bonds is 4. The Morgan fingerprint density at radius 3 is 2.60 bits per heavy atom. The molecule has 0 aliphatic carbocycles. The van der Waals surface area contributed by atoms with E-state index in [1.165, 1.54) is 0 Å². The van der Waals surface area contributed by atoms with Crippen molar-refractivity contribution in [1.82, 2.24) is 9.78 Å². The molecule has 0 aliphatic heterocycles. The number of nitrogens with zero attached hydrogens (tertiary/aromatic N) is 1. The third-order valence-electron chi connectivity index (χ3n) is 3.88. The van der Waals surface area contributed by atoms with E-state index in [4.69, 9.17) is 27.5 Å². The van der Waals surface area contributed by atoms with Gasteiger partial charge in [0.1, 0.15) is 5.75 Å². The van der Waals surface area contributed by atoms with Crippen LogP contribution in [-0.2, 0) is 6.42 Å². The molecule has 3 rings (SSSR count). The SMILES string of the molecule is COc1ccc(-c2[nH]n(C(=N)N)c(=O)c2Cc2cccc(Cl)c2)cc1. The van der Waals surface area contributed by atoms with Gasteiger partial charge < -0.3 is 10.5 Å². The smallest absolute Gasteiger partial charge is 0.277 e. The average molecular weight is 357 g/mol. The van der Waals surface area contributed by atoms with Gasteiger partial charge in [-0.15, -0.1) is 0 Å². The Hall–Kier alpha value is -2.99. The quantitative estimate of drug-likeness (QED) is 0.495. The molecule has 0 bridgehead atoms. The molecular weight excluding hydrogens is 340 g/mol. The van der Waals surface area contributed by atoms with Gasteiger partial charge in [0.2, 0.25) is 5.96 Å². The summed E-state index contributed by atoms with van der Waals surface area (Å²) in [6, 6.07) is 14.6. The molecule has 0 unspecified atom stereocenters. The number of hydrogen-bond acceptors (Lipinski definition) is 3. The normalized spacial score (nSPS) is 10.6. The molecule has 7 heteroatoms. The van der Waals surface area contributed by atoms with Crippen LogP contribution in [0.2, 0.25) is 5.02 Å². The number of nitrogens with two attached hydrogens (primary N) is 1. The first-order valence-corrected chi connectivity index (χ1v) is 7.94. The van der Waals surface area contributed by atoms with Gasteiger partial charge in [0.25, 0.3) is 5.56 Å². The zero-order valence-corrected chi connectivity index (χ0v) is 14.3. The maximum absolute atomic E-state index is 12.7. The molecule has 2 aromatic carbocycles. The number of methoxy groups -OCH3 is 1. The van der Waals surface area contributed by atoms with E-state index < -0.39 is 0 Å². The first-order valence-electron chi connectivity index (χ1n) is 7.56. The summed E-state index contributed by atoms with van der Waals surface area (Å²) in [5.41, 5.74) is 7.99. The topological polar surface area (TPSA) is 96.9 Å². The van der Waals surface area contributed by atoms with Gasteiger partial charge in [-0.05, 0) is 42.0 Å². The number of nitrogens with one attached hydrogen (secondary N) is 2. The minimum absolute atomic E-state index is 0.349. The Morgan fingerprint density at radius 2 is 2.00 bits per heavy atom. The van der Waals surface area contributed by atoms with E-state index in [-0.39, 0.29) is 11.5 Å². The zero-order chi connectivity index (χ0) is 18.0. The fraction of sp³-hybridized carbons (Fsp3) is 0.111. The molecule has 1 heterocycles. The number of benzene rings is 2. The molecule has 0 aliphatic rings. The molecule has 0 saturated heterocycles. The predicted octanol–water partition coefficient (Wildman–Crippen LogP) is 2.84. The fourth-order valence-electron chi connectivity index (χ4n) is 2.65. The summed E-state index contributed by atoms with van der Waals surface area (Å²) >= 11 is 6.04. The summed E-state index contributed by atoms with van der Waals surface area (Å²) in [7, 11) is 1.59. The Bertz CT molecular complexity index is 973. The second-order valence-electron chi connectivity index (χ2n) is 5.53. The fourth-order valence-corrected chi connectivity index (χ4v) is 2.87. The van der Waals surface area contributed by atoms with E-state index >= 15 is 0 Å². The van der Waals surface area contributed by atoms with E-state index in [0.29, 0.717) is 28.5 Å². The van der Waals surface area contributed by atoms with Crippen molar-refractivity contribution in [3.63, 3.8) is 0 Å². The lowest BCUT2D eigenvalue weighted by Crippen LogP contribution is -2.31. The van der Waals surface area contributed by atoms with Crippen LogP contribution < -0.4 is 16.0 Å². The largest absolute Gasteiger partial charge is 0.497 e. The van der Waals surface area contributed by atoms with Crippen LogP contribution in [0.1, 0.15) is 11.1 Å². The van der Waals surface area contributed by atoms with Crippen molar-refractivity contribution in [3.8, 4) is 17.0 Å². The van der Waals surface area contributed by atoms with Crippen molar-refractivity contribution in [2.45, 2.75) is 6.42 Å². The molecule has 1 aromatic heterocycles. The van der Waals surface area contributed by atoms with Crippen LogP contribution in [0.25, 0.3) is 11.3 Å². The summed E-state index contributed by atoms with van der Waals surface area (Å²) in [4.78, 5) is 12.7. The minimum Gasteiger partial charge on any atom is -0.497 e. The number of halogens is 1. The van der Waals surface area contributed by atoms with Crippen molar-refractivity contribution in [2.24, 2.45) is 5.73 Å². The van der Waals surface area contributed by atoms with E-state index in [1.54, 1.807) is 13.2 Å². The van der Waals surface area contributed by atoms with Gasteiger partial charge in [0.15, 0.2) is 0 Å². The summed E-state index contributed by atoms with van der Waals surface area (Å²) in [6.45, 7) is 0. The summed E-state index contributed by atoms with van der Waals surface area (Å²) in [6.07, 6.45) is 0.373. The molecular formula is C18H17ClN4O2. The molecule has 3 aromatic rings. The average Bonchev–Trinajstić information content (AvgIpc) is 2.92. The van der Waals surface area contributed by atoms with Crippen LogP contribution >= 0.6 is 11.6 Å². The van der Waals surface area contributed by atoms with E-state index in [0.717, 1.165) is 15.8 Å². The molecule has 0 amide bonds. The lowest BCUT2D eigenvalue weighted by molar-refractivity contribution is 0.415. The molecule has 0 radical (unpaired) electrons. The van der Waals surface area contributed by atoms with Gasteiger partial charge in [-0.2, -0.15) is 4.68 Å². The number of aromatic nitrogens is 2. The number of ether oxygens (including phenoxy) is 1. The maximum Gasteiger partial charge on any atom is 0.277 e. The Balaban J connectivity index is 2.11. The molecule has 0 spiro atoms. The van der Waals surface area contributed by atoms with Crippen molar-refractivity contribution >= 4 is 17.6 Å². The molecule has 0 atom stereocenters. The van der Waals surface area contributed by atoms with Gasteiger partial charge in [0, 0.05) is 22.6 Å². The molecule has 0 saturated carbocycles. The van der Waals surface area contributed by atoms with Gasteiger partial charge in [-0.1, -0.05) is 23.7 Å². The molecule has 4 N–H and O–H groups in total. The maximum atomic E-state index is 12.7. The van der Waals surface area contributed by atoms with Crippen LogP contribution in [0, 0.1) is 5.41 Å². The lowest BCUT2D eigenvalue weighted by Gasteiger charge is -2.05. The monoisotopic (exact) mass is 356 g/mol. The second-order valence-corrected chi connectivity index (χ2v) is 5.96. The van der Waals surface area contributed by atoms with E-state index in [2.05, 4.69) is 5.10 Å². The first kappa shape index (κ1) is 16.9. The van der Waals surface area contributed by atoms with Crippen LogP contribution in [0.4, 0.5) is 0 Å². The second kappa shape index (κ2) is 6.86. The van der Waals surface area contributed by atoms with Crippen molar-refractivity contribution < 1.29 is 4.74 Å². The predicted molar refractivity (Wildman–Crippen MR) is 98.6 cm³/mol. The van der Waals surface area contributed by atoms with Gasteiger partial charge in [0.05, 0.1) is 12.8 Å². The third-order valence-corrected chi connectivity index (χ3v) is 4.11. The van der Waals surface area contributed by atoms with E-state index in [9.17, 15) is 4.79 Å². The number of H-pyrrole nitrogens is 1. The Kier molecular flexibility index (Phi) is 4.63. The van der Waals surface area contributed by atoms with Crippen molar-refractivity contribution in [1.29, 1.82) is 5.41 Å². The number of aromatic amines is 1. The lowest BCUT2D eigenvalue weighted by atomic mass is 10.0. The minimum atomic E-state index is -0.364. The highest BCUT2D eigenvalue weighted by molar-refractivity contribution is 6.30. The third kappa shape index (κ3) is 3.44. The zero-order valence-electron chi connectivity index (χ0n) is 13.5. The first-order chi connectivity index (χ1) is 12.0. The molecule has 6 nitrogen and oxygen atoms in total. The highest BCUT2D eigenvalue weighted by Gasteiger charge is 2.17. The van der Waals surface area contributed by atoms with Gasteiger partial charge >= 0.3 is 0 Å². The van der Waals surface area contributed by atoms with Crippen molar-refractivity contribution in [2.75, 3.05) is 7.11 Å². The van der Waals surface area contributed by atoms with Crippen LogP contribution in [0.3, 0.4) is 0 Å². The Morgan fingerprint density at radius 1 is 1.28 bits per heavy atom.